The van der Waals surface area contributed by atoms with Crippen LogP contribution < -0.4 is 0 Å². The fraction of sp³-hybridized carbons (Fsp3) is 0.400. The number of fused-ring (bicyclic) bond motifs is 1. The van der Waals surface area contributed by atoms with Gasteiger partial charge in [-0.15, -0.1) is 9.19 Å². The van der Waals surface area contributed by atoms with E-state index >= 15 is 0 Å². The smallest absolute Gasteiger partial charge is 0.229 e. The third-order valence-electron chi connectivity index (χ3n) is 3.17. The van der Waals surface area contributed by atoms with Crippen molar-refractivity contribution in [3.8, 4) is 0 Å². The van der Waals surface area contributed by atoms with E-state index in [-0.39, 0.29) is 17.9 Å². The Labute approximate surface area is 110 Å². The van der Waals surface area contributed by atoms with Crippen molar-refractivity contribution in [2.24, 2.45) is 0 Å². The first-order valence-corrected chi connectivity index (χ1v) is 8.98. The lowest BCUT2D eigenvalue weighted by molar-refractivity contribution is 0.566. The lowest BCUT2D eigenvalue weighted by Gasteiger charge is -2.09. The number of nitrogens with zero attached hydrogens (tertiary/aromatic N) is 3. The summed E-state index contributed by atoms with van der Waals surface area (Å²) < 4.78 is 48.4. The molecule has 1 aliphatic rings. The molecule has 0 amide bonds. The lowest BCUT2D eigenvalue weighted by Crippen LogP contribution is -2.29. The normalized spacial score (nSPS) is 22.8. The van der Waals surface area contributed by atoms with Gasteiger partial charge in [0.25, 0.3) is 10.0 Å². The van der Waals surface area contributed by atoms with E-state index in [4.69, 9.17) is 0 Å². The minimum Gasteiger partial charge on any atom is -0.229 e. The molecule has 19 heavy (non-hydrogen) atoms. The van der Waals surface area contributed by atoms with Gasteiger partial charge in [-0.2, -0.15) is 0 Å². The second-order valence-electron chi connectivity index (χ2n) is 4.49. The Balaban J connectivity index is 2.11. The Hall–Kier alpha value is -1.48. The number of sulfone groups is 1. The third kappa shape index (κ3) is 2.02. The van der Waals surface area contributed by atoms with Gasteiger partial charge in [0.15, 0.2) is 9.84 Å². The third-order valence-corrected chi connectivity index (χ3v) is 7.15. The van der Waals surface area contributed by atoms with Gasteiger partial charge in [-0.05, 0) is 18.6 Å². The predicted octanol–water partition coefficient (Wildman–Crippen LogP) is -0.204. The maximum absolute atomic E-state index is 12.4. The van der Waals surface area contributed by atoms with Gasteiger partial charge < -0.3 is 0 Å². The zero-order chi connectivity index (χ0) is 13.7. The van der Waals surface area contributed by atoms with E-state index < -0.39 is 25.1 Å². The average molecular weight is 301 g/mol. The maximum atomic E-state index is 12.4. The second kappa shape index (κ2) is 4.01. The molecule has 1 fully saturated rings. The van der Waals surface area contributed by atoms with Gasteiger partial charge in [-0.1, -0.05) is 17.3 Å². The number of aromatic nitrogens is 3. The highest BCUT2D eigenvalue weighted by atomic mass is 32.2. The molecule has 9 heteroatoms. The van der Waals surface area contributed by atoms with Crippen molar-refractivity contribution in [1.82, 2.24) is 14.4 Å². The maximum Gasteiger partial charge on any atom is 0.259 e. The van der Waals surface area contributed by atoms with Gasteiger partial charge in [0, 0.05) is 0 Å². The molecule has 1 saturated heterocycles. The summed E-state index contributed by atoms with van der Waals surface area (Å²) in [6.07, 6.45) is 0.110. The van der Waals surface area contributed by atoms with Crippen molar-refractivity contribution in [2.75, 3.05) is 11.5 Å². The fourth-order valence-corrected chi connectivity index (χ4v) is 6.44. The first kappa shape index (κ1) is 12.5. The van der Waals surface area contributed by atoms with Crippen LogP contribution in [0.2, 0.25) is 0 Å². The van der Waals surface area contributed by atoms with Gasteiger partial charge in [0.1, 0.15) is 11.0 Å². The van der Waals surface area contributed by atoms with Crippen LogP contribution in [0.5, 0.6) is 0 Å². The molecule has 1 aromatic heterocycles. The molecule has 7 nitrogen and oxygen atoms in total. The van der Waals surface area contributed by atoms with E-state index in [0.29, 0.717) is 11.0 Å². The second-order valence-corrected chi connectivity index (χ2v) is 8.76. The molecule has 1 aromatic carbocycles. The van der Waals surface area contributed by atoms with Gasteiger partial charge in [-0.25, -0.2) is 16.8 Å². The van der Waals surface area contributed by atoms with Gasteiger partial charge in [0.2, 0.25) is 0 Å². The summed E-state index contributed by atoms with van der Waals surface area (Å²) in [6.45, 7) is 0. The van der Waals surface area contributed by atoms with Crippen molar-refractivity contribution >= 4 is 30.9 Å². The van der Waals surface area contributed by atoms with Crippen LogP contribution in [-0.4, -0.2) is 48.0 Å². The summed E-state index contributed by atoms with van der Waals surface area (Å²) in [6, 6.07) is 6.66. The summed E-state index contributed by atoms with van der Waals surface area (Å²) >= 11 is 0. The number of rotatable bonds is 2. The Morgan fingerprint density at radius 3 is 2.68 bits per heavy atom. The molecule has 1 aliphatic heterocycles. The molecule has 102 valence electrons. The molecule has 1 atom stereocenters. The highest BCUT2D eigenvalue weighted by Gasteiger charge is 2.39. The predicted molar refractivity (Wildman–Crippen MR) is 68.9 cm³/mol. The minimum atomic E-state index is -3.83. The molecule has 2 heterocycles. The average Bonchev–Trinajstić information content (AvgIpc) is 2.92. The summed E-state index contributed by atoms with van der Waals surface area (Å²) in [5.41, 5.74) is 0.832. The summed E-state index contributed by atoms with van der Waals surface area (Å²) in [5, 5.41) is 6.48. The van der Waals surface area contributed by atoms with Crippen molar-refractivity contribution in [3.63, 3.8) is 0 Å². The molecule has 0 unspecified atom stereocenters. The van der Waals surface area contributed by atoms with E-state index in [1.54, 1.807) is 24.3 Å². The van der Waals surface area contributed by atoms with Crippen LogP contribution in [0.25, 0.3) is 11.0 Å². The van der Waals surface area contributed by atoms with Gasteiger partial charge >= 0.3 is 0 Å². The van der Waals surface area contributed by atoms with E-state index in [0.717, 1.165) is 4.09 Å². The topological polar surface area (TPSA) is 99.0 Å². The number of benzene rings is 1. The monoisotopic (exact) mass is 301 g/mol. The molecule has 2 aromatic rings. The van der Waals surface area contributed by atoms with Crippen LogP contribution in [-0.2, 0) is 19.9 Å². The zero-order valence-electron chi connectivity index (χ0n) is 9.80. The van der Waals surface area contributed by atoms with Crippen LogP contribution in [0.3, 0.4) is 0 Å². The standard InChI is InChI=1S/C10H11N3O4S2/c14-18(15)6-5-8(7-18)19(16,17)13-10-4-2-1-3-9(10)11-12-13/h1-4,8H,5-7H2/t8-/m1/s1. The van der Waals surface area contributed by atoms with Crippen molar-refractivity contribution in [3.05, 3.63) is 24.3 Å². The SMILES string of the molecule is O=S1(=O)CC[C@@H](S(=O)(=O)n2nnc3ccccc32)C1. The first-order chi connectivity index (χ1) is 8.90. The van der Waals surface area contributed by atoms with Crippen molar-refractivity contribution in [2.45, 2.75) is 11.7 Å². The molecule has 0 bridgehead atoms. The van der Waals surface area contributed by atoms with Gasteiger partial charge in [0.05, 0.1) is 16.8 Å². The molecule has 0 aliphatic carbocycles. The molecule has 0 saturated carbocycles. The molecule has 0 radical (unpaired) electrons. The van der Waals surface area contributed by atoms with E-state index in [9.17, 15) is 16.8 Å². The molecule has 0 N–H and O–H groups in total. The molecular weight excluding hydrogens is 290 g/mol. The van der Waals surface area contributed by atoms with Crippen LogP contribution in [0, 0.1) is 0 Å². The van der Waals surface area contributed by atoms with Crippen LogP contribution in [0.1, 0.15) is 6.42 Å². The Morgan fingerprint density at radius 2 is 2.00 bits per heavy atom. The van der Waals surface area contributed by atoms with E-state index in [1.807, 2.05) is 0 Å². The number of hydrogen-bond acceptors (Lipinski definition) is 6. The quantitative estimate of drug-likeness (QED) is 0.761. The van der Waals surface area contributed by atoms with Crippen molar-refractivity contribution in [1.29, 1.82) is 0 Å². The Bertz CT molecular complexity index is 839. The van der Waals surface area contributed by atoms with Crippen LogP contribution in [0.15, 0.2) is 24.3 Å². The summed E-state index contributed by atoms with van der Waals surface area (Å²) in [4.78, 5) is 0. The van der Waals surface area contributed by atoms with Crippen LogP contribution in [0.4, 0.5) is 0 Å². The Morgan fingerprint density at radius 1 is 1.26 bits per heavy atom. The first-order valence-electron chi connectivity index (χ1n) is 5.65. The fourth-order valence-electron chi connectivity index (χ4n) is 2.17. The molecule has 0 spiro atoms. The zero-order valence-corrected chi connectivity index (χ0v) is 11.4. The molecule has 3 rings (SSSR count). The Kier molecular flexibility index (Phi) is 2.65. The summed E-state index contributed by atoms with van der Waals surface area (Å²) in [7, 11) is -7.09. The number of hydrogen-bond donors (Lipinski definition) is 0. The highest BCUT2D eigenvalue weighted by molar-refractivity contribution is 7.95. The van der Waals surface area contributed by atoms with Crippen LogP contribution >= 0.6 is 0 Å². The highest BCUT2D eigenvalue weighted by Crippen LogP contribution is 2.22. The van der Waals surface area contributed by atoms with Gasteiger partial charge in [-0.3, -0.25) is 0 Å². The molecular formula is C10H11N3O4S2. The van der Waals surface area contributed by atoms with E-state index in [2.05, 4.69) is 10.3 Å². The van der Waals surface area contributed by atoms with E-state index in [1.165, 1.54) is 0 Å². The number of para-hydroxylation sites is 1. The lowest BCUT2D eigenvalue weighted by atomic mass is 10.3. The minimum absolute atomic E-state index is 0.0937. The van der Waals surface area contributed by atoms with Crippen molar-refractivity contribution < 1.29 is 16.8 Å². The largest absolute Gasteiger partial charge is 0.259 e. The summed E-state index contributed by atoms with van der Waals surface area (Å²) in [5.74, 6) is -0.437.